The largest absolute Gasteiger partial charge is 0.463 e. The molecule has 29 heavy (non-hydrogen) atoms. The molecule has 7 nitrogen and oxygen atoms in total. The van der Waals surface area contributed by atoms with Gasteiger partial charge in [-0.05, 0) is 57.2 Å². The van der Waals surface area contributed by atoms with E-state index in [1.54, 1.807) is 12.1 Å². The van der Waals surface area contributed by atoms with Gasteiger partial charge in [0.2, 0.25) is 5.76 Å². The summed E-state index contributed by atoms with van der Waals surface area (Å²) in [6.07, 6.45) is 0. The number of carbonyl (C=O) groups excluding carboxylic acids is 1. The Bertz CT molecular complexity index is 961. The van der Waals surface area contributed by atoms with Gasteiger partial charge in [-0.3, -0.25) is 0 Å². The van der Waals surface area contributed by atoms with Crippen molar-refractivity contribution < 1.29 is 13.9 Å². The summed E-state index contributed by atoms with van der Waals surface area (Å²) < 4.78 is 12.3. The molecule has 2 aromatic heterocycles. The Morgan fingerprint density at radius 1 is 1.17 bits per heavy atom. The maximum absolute atomic E-state index is 11.6. The van der Waals surface area contributed by atoms with Crippen LogP contribution in [0.2, 0.25) is 0 Å². The van der Waals surface area contributed by atoms with Crippen molar-refractivity contribution in [2.45, 2.75) is 31.2 Å². The lowest BCUT2D eigenvalue weighted by Gasteiger charge is -2.21. The molecule has 0 fully saturated rings. The van der Waals surface area contributed by atoms with E-state index in [2.05, 4.69) is 57.9 Å². The van der Waals surface area contributed by atoms with Crippen molar-refractivity contribution in [1.82, 2.24) is 14.8 Å². The van der Waals surface area contributed by atoms with Crippen LogP contribution in [0.25, 0.3) is 11.4 Å². The minimum Gasteiger partial charge on any atom is -0.463 e. The smallest absolute Gasteiger partial charge is 0.373 e. The van der Waals surface area contributed by atoms with Crippen molar-refractivity contribution in [3.63, 3.8) is 0 Å². The number of rotatable bonds is 8. The molecule has 0 aliphatic heterocycles. The highest BCUT2D eigenvalue weighted by Crippen LogP contribution is 2.35. The summed E-state index contributed by atoms with van der Waals surface area (Å²) in [5.74, 6) is 1.20. The normalized spacial score (nSPS) is 12.0. The van der Waals surface area contributed by atoms with E-state index in [9.17, 15) is 4.79 Å². The highest BCUT2D eigenvalue weighted by atomic mass is 32.2. The van der Waals surface area contributed by atoms with E-state index in [0.717, 1.165) is 29.6 Å². The van der Waals surface area contributed by atoms with Gasteiger partial charge in [0.1, 0.15) is 5.76 Å². The molecule has 0 saturated heterocycles. The van der Waals surface area contributed by atoms with E-state index in [4.69, 9.17) is 4.42 Å². The second-order valence-corrected chi connectivity index (χ2v) is 7.85. The predicted molar refractivity (Wildman–Crippen MR) is 114 cm³/mol. The van der Waals surface area contributed by atoms with Crippen molar-refractivity contribution in [3.05, 3.63) is 47.9 Å². The lowest BCUT2D eigenvalue weighted by Crippen LogP contribution is -2.21. The summed E-state index contributed by atoms with van der Waals surface area (Å²) in [6.45, 7) is 8.25. The van der Waals surface area contributed by atoms with E-state index >= 15 is 0 Å². The molecule has 1 atom stereocenters. The Hall–Kier alpha value is -2.74. The summed E-state index contributed by atoms with van der Waals surface area (Å²) in [7, 11) is 3.28. The number of methoxy groups -OCH3 is 1. The summed E-state index contributed by atoms with van der Waals surface area (Å²) in [6, 6.07) is 11.8. The number of anilines is 1. The van der Waals surface area contributed by atoms with Crippen LogP contribution in [-0.4, -0.2) is 40.9 Å². The van der Waals surface area contributed by atoms with Crippen LogP contribution in [0.15, 0.2) is 46.0 Å². The zero-order valence-electron chi connectivity index (χ0n) is 17.4. The van der Waals surface area contributed by atoms with Gasteiger partial charge in [-0.1, -0.05) is 11.8 Å². The van der Waals surface area contributed by atoms with Crippen LogP contribution in [0.3, 0.4) is 0 Å². The Balaban J connectivity index is 1.75. The third kappa shape index (κ3) is 4.48. The predicted octanol–water partition coefficient (Wildman–Crippen LogP) is 4.56. The number of aromatic nitrogens is 3. The molecule has 3 rings (SSSR count). The van der Waals surface area contributed by atoms with Crippen LogP contribution < -0.4 is 4.90 Å². The molecule has 0 aliphatic rings. The van der Waals surface area contributed by atoms with Gasteiger partial charge < -0.3 is 18.6 Å². The van der Waals surface area contributed by atoms with E-state index < -0.39 is 5.97 Å². The van der Waals surface area contributed by atoms with Gasteiger partial charge in [0.25, 0.3) is 0 Å². The van der Waals surface area contributed by atoms with Crippen molar-refractivity contribution in [3.8, 4) is 11.4 Å². The molecule has 0 spiro atoms. The molecule has 0 saturated carbocycles. The number of hydrogen-bond donors (Lipinski definition) is 0. The van der Waals surface area contributed by atoms with Gasteiger partial charge >= 0.3 is 5.97 Å². The Labute approximate surface area is 175 Å². The molecule has 8 heteroatoms. The number of hydrogen-bond acceptors (Lipinski definition) is 7. The fraction of sp³-hybridized carbons (Fsp3) is 0.381. The van der Waals surface area contributed by atoms with Gasteiger partial charge in [-0.2, -0.15) is 0 Å². The summed E-state index contributed by atoms with van der Waals surface area (Å²) in [5.41, 5.74) is 2.21. The van der Waals surface area contributed by atoms with Crippen LogP contribution in [0.1, 0.15) is 42.3 Å². The first-order chi connectivity index (χ1) is 14.0. The van der Waals surface area contributed by atoms with Crippen molar-refractivity contribution >= 4 is 23.4 Å². The Kier molecular flexibility index (Phi) is 6.64. The molecular weight excluding hydrogens is 388 g/mol. The van der Waals surface area contributed by atoms with E-state index in [0.29, 0.717) is 5.76 Å². The monoisotopic (exact) mass is 414 g/mol. The van der Waals surface area contributed by atoms with Gasteiger partial charge in [0, 0.05) is 31.4 Å². The first kappa shape index (κ1) is 21.0. The molecule has 0 radical (unpaired) electrons. The second kappa shape index (κ2) is 9.17. The van der Waals surface area contributed by atoms with E-state index in [-0.39, 0.29) is 11.0 Å². The molecule has 0 N–H and O–H groups in total. The van der Waals surface area contributed by atoms with E-state index in [1.165, 1.54) is 24.6 Å². The van der Waals surface area contributed by atoms with Crippen molar-refractivity contribution in [2.75, 3.05) is 25.1 Å². The lowest BCUT2D eigenvalue weighted by atomic mass is 10.2. The van der Waals surface area contributed by atoms with Crippen LogP contribution >= 0.6 is 11.8 Å². The third-order valence-corrected chi connectivity index (χ3v) is 5.94. The van der Waals surface area contributed by atoms with Crippen LogP contribution in [-0.2, 0) is 11.8 Å². The minimum atomic E-state index is -0.484. The fourth-order valence-electron chi connectivity index (χ4n) is 3.08. The minimum absolute atomic E-state index is 0.0331. The summed E-state index contributed by atoms with van der Waals surface area (Å²) >= 11 is 1.52. The zero-order chi connectivity index (χ0) is 21.0. The van der Waals surface area contributed by atoms with Crippen LogP contribution in [0, 0.1) is 0 Å². The highest BCUT2D eigenvalue weighted by Gasteiger charge is 2.20. The summed E-state index contributed by atoms with van der Waals surface area (Å²) in [4.78, 5) is 13.9. The van der Waals surface area contributed by atoms with Gasteiger partial charge in [0.05, 0.1) is 12.4 Å². The molecular formula is C21H26N4O3S. The molecule has 0 aliphatic carbocycles. The Morgan fingerprint density at radius 3 is 2.48 bits per heavy atom. The Morgan fingerprint density at radius 2 is 1.86 bits per heavy atom. The van der Waals surface area contributed by atoms with Gasteiger partial charge in [0.15, 0.2) is 11.0 Å². The van der Waals surface area contributed by atoms with Crippen LogP contribution in [0.5, 0.6) is 0 Å². The van der Waals surface area contributed by atoms with E-state index in [1.807, 2.05) is 18.5 Å². The standard InChI is InChI=1S/C21H26N4O3S/c1-6-25(7-2)16-10-8-15(9-11-16)19-22-23-21(24(19)4)29-14(3)17-12-13-18(28-17)20(26)27-5/h8-14H,6-7H2,1-5H3. The topological polar surface area (TPSA) is 73.4 Å². The maximum Gasteiger partial charge on any atom is 0.373 e. The van der Waals surface area contributed by atoms with Gasteiger partial charge in [-0.25, -0.2) is 4.79 Å². The zero-order valence-corrected chi connectivity index (χ0v) is 18.2. The van der Waals surface area contributed by atoms with Crippen molar-refractivity contribution in [2.24, 2.45) is 7.05 Å². The number of benzene rings is 1. The third-order valence-electron chi connectivity index (χ3n) is 4.79. The molecule has 0 amide bonds. The number of ether oxygens (including phenoxy) is 1. The molecule has 0 bridgehead atoms. The second-order valence-electron chi connectivity index (χ2n) is 6.54. The SMILES string of the molecule is CCN(CC)c1ccc(-c2nnc(SC(C)c3ccc(C(=O)OC)o3)n2C)cc1. The number of carbonyl (C=O) groups is 1. The van der Waals surface area contributed by atoms with Crippen LogP contribution in [0.4, 0.5) is 5.69 Å². The molecule has 1 aromatic carbocycles. The number of nitrogens with zero attached hydrogens (tertiary/aromatic N) is 4. The molecule has 154 valence electrons. The number of esters is 1. The quantitative estimate of drug-likeness (QED) is 0.395. The van der Waals surface area contributed by atoms with Gasteiger partial charge in [-0.15, -0.1) is 10.2 Å². The molecule has 2 heterocycles. The average molecular weight is 415 g/mol. The first-order valence-electron chi connectivity index (χ1n) is 9.57. The highest BCUT2D eigenvalue weighted by molar-refractivity contribution is 7.99. The first-order valence-corrected chi connectivity index (χ1v) is 10.5. The average Bonchev–Trinajstić information content (AvgIpc) is 3.37. The summed E-state index contributed by atoms with van der Waals surface area (Å²) in [5, 5.41) is 9.45. The van der Waals surface area contributed by atoms with Crippen molar-refractivity contribution in [1.29, 1.82) is 0 Å². The molecule has 3 aromatic rings. The maximum atomic E-state index is 11.6. The number of furan rings is 1. The number of thioether (sulfide) groups is 1. The molecule has 1 unspecified atom stereocenters. The fourth-order valence-corrected chi connectivity index (χ4v) is 3.97. The lowest BCUT2D eigenvalue weighted by molar-refractivity contribution is 0.0563.